The maximum Gasteiger partial charge on any atom is 0.179 e. The molecule has 1 aliphatic heterocycles. The maximum absolute atomic E-state index is 5.58. The molecule has 2 aromatic heterocycles. The average molecular weight is 293 g/mol. The minimum absolute atomic E-state index is 0.458. The van der Waals surface area contributed by atoms with Crippen LogP contribution in [-0.2, 0) is 13.5 Å². The number of hydrogen-bond donors (Lipinski definition) is 1. The van der Waals surface area contributed by atoms with E-state index < -0.39 is 0 Å². The average Bonchev–Trinajstić information content (AvgIpc) is 2.88. The van der Waals surface area contributed by atoms with E-state index in [1.54, 1.807) is 0 Å². The van der Waals surface area contributed by atoms with Crippen LogP contribution in [0.25, 0.3) is 11.2 Å². The van der Waals surface area contributed by atoms with Crippen LogP contribution in [0.15, 0.2) is 0 Å². The summed E-state index contributed by atoms with van der Waals surface area (Å²) in [6.45, 7) is 4.43. The van der Waals surface area contributed by atoms with Crippen LogP contribution in [0.2, 0.25) is 0 Å². The molecule has 1 fully saturated rings. The largest absolute Gasteiger partial charge is 0.328 e. The van der Waals surface area contributed by atoms with E-state index in [9.17, 15) is 0 Å². The van der Waals surface area contributed by atoms with Gasteiger partial charge in [0.2, 0.25) is 0 Å². The fraction of sp³-hybridized carbons (Fsp3) is 0.714. The number of fused-ring (bicyclic) bond motifs is 1. The fourth-order valence-electron chi connectivity index (χ4n) is 3.34. The molecule has 110 valence electrons. The van der Waals surface area contributed by atoms with Gasteiger partial charge in [-0.1, -0.05) is 13.3 Å². The predicted molar refractivity (Wildman–Crippen MR) is 83.7 cm³/mol. The molecule has 1 atom stereocenters. The van der Waals surface area contributed by atoms with Crippen molar-refractivity contribution in [2.75, 3.05) is 20.1 Å². The van der Waals surface area contributed by atoms with Gasteiger partial charge in [0, 0.05) is 13.6 Å². The smallest absolute Gasteiger partial charge is 0.179 e. The number of aromatic nitrogens is 4. The first-order chi connectivity index (χ1) is 9.61. The number of H-pyrrole nitrogens is 1. The van der Waals surface area contributed by atoms with Crippen LogP contribution in [0.5, 0.6) is 0 Å². The lowest BCUT2D eigenvalue weighted by Gasteiger charge is -2.30. The summed E-state index contributed by atoms with van der Waals surface area (Å²) in [5.41, 5.74) is 3.42. The number of likely N-dealkylation sites (tertiary alicyclic amines) is 1. The van der Waals surface area contributed by atoms with E-state index in [1.807, 2.05) is 11.7 Å². The van der Waals surface area contributed by atoms with Crippen molar-refractivity contribution in [3.05, 3.63) is 10.5 Å². The van der Waals surface area contributed by atoms with Gasteiger partial charge in [0.05, 0.1) is 11.7 Å². The molecule has 0 aromatic carbocycles. The molecule has 2 aromatic rings. The van der Waals surface area contributed by atoms with Crippen molar-refractivity contribution in [2.24, 2.45) is 7.05 Å². The zero-order chi connectivity index (χ0) is 14.3. The van der Waals surface area contributed by atoms with Gasteiger partial charge in [0.15, 0.2) is 10.4 Å². The number of aryl methyl sites for hydroxylation is 2. The summed E-state index contributed by atoms with van der Waals surface area (Å²) in [6.07, 6.45) is 4.52. The third-order valence-corrected chi connectivity index (χ3v) is 4.52. The van der Waals surface area contributed by atoms with Crippen LogP contribution < -0.4 is 0 Å². The summed E-state index contributed by atoms with van der Waals surface area (Å²) in [6, 6.07) is 0.458. The van der Waals surface area contributed by atoms with E-state index in [4.69, 9.17) is 12.2 Å². The molecule has 6 heteroatoms. The van der Waals surface area contributed by atoms with Crippen molar-refractivity contribution in [3.8, 4) is 0 Å². The molecule has 0 bridgehead atoms. The van der Waals surface area contributed by atoms with Crippen LogP contribution in [-0.4, -0.2) is 44.4 Å². The van der Waals surface area contributed by atoms with Crippen LogP contribution in [0.4, 0.5) is 0 Å². The van der Waals surface area contributed by atoms with Gasteiger partial charge in [-0.15, -0.1) is 0 Å². The molecular formula is C14H23N5S. The van der Waals surface area contributed by atoms with Crippen molar-refractivity contribution in [1.29, 1.82) is 0 Å². The Hall–Kier alpha value is -1.14. The lowest BCUT2D eigenvalue weighted by Crippen LogP contribution is -2.33. The van der Waals surface area contributed by atoms with Gasteiger partial charge in [-0.25, -0.2) is 0 Å². The Balaban J connectivity index is 2.10. The molecular weight excluding hydrogens is 270 g/mol. The van der Waals surface area contributed by atoms with E-state index in [-0.39, 0.29) is 0 Å². The number of piperidine rings is 1. The van der Waals surface area contributed by atoms with Gasteiger partial charge in [-0.05, 0) is 45.1 Å². The summed E-state index contributed by atoms with van der Waals surface area (Å²) in [5, 5.41) is 4.66. The number of hydrogen-bond acceptors (Lipinski definition) is 3. The zero-order valence-corrected chi connectivity index (χ0v) is 13.3. The van der Waals surface area contributed by atoms with E-state index in [1.165, 1.54) is 19.4 Å². The standard InChI is InChI=1S/C14H23N5S/c1-4-6-11-12-13(18(3)16-11)19(14(20)15-12)10-7-5-8-17(2)9-10/h10H,4-9H2,1-3H3,(H,15,20). The number of nitrogens with zero attached hydrogens (tertiary/aromatic N) is 4. The van der Waals surface area contributed by atoms with E-state index in [2.05, 4.69) is 33.5 Å². The molecule has 0 aliphatic carbocycles. The monoisotopic (exact) mass is 293 g/mol. The molecule has 3 rings (SSSR count). The number of nitrogens with one attached hydrogen (secondary N) is 1. The minimum atomic E-state index is 0.458. The van der Waals surface area contributed by atoms with Crippen LogP contribution in [0, 0.1) is 4.77 Å². The first-order valence-electron chi connectivity index (χ1n) is 7.46. The van der Waals surface area contributed by atoms with Gasteiger partial charge in [0.25, 0.3) is 0 Å². The number of aromatic amines is 1. The van der Waals surface area contributed by atoms with Crippen LogP contribution >= 0.6 is 12.2 Å². The summed E-state index contributed by atoms with van der Waals surface area (Å²) in [7, 11) is 4.21. The molecule has 1 aliphatic rings. The van der Waals surface area contributed by atoms with Crippen molar-refractivity contribution in [3.63, 3.8) is 0 Å². The van der Waals surface area contributed by atoms with Gasteiger partial charge in [-0.3, -0.25) is 9.25 Å². The second kappa shape index (κ2) is 5.33. The highest BCUT2D eigenvalue weighted by molar-refractivity contribution is 7.71. The molecule has 1 saturated heterocycles. The van der Waals surface area contributed by atoms with Crippen molar-refractivity contribution >= 4 is 23.4 Å². The highest BCUT2D eigenvalue weighted by Crippen LogP contribution is 2.27. The van der Waals surface area contributed by atoms with Gasteiger partial charge >= 0.3 is 0 Å². The Morgan fingerprint density at radius 2 is 2.20 bits per heavy atom. The minimum Gasteiger partial charge on any atom is -0.328 e. The fourth-order valence-corrected chi connectivity index (χ4v) is 3.68. The molecule has 0 saturated carbocycles. The molecule has 0 amide bonds. The molecule has 3 heterocycles. The molecule has 1 unspecified atom stereocenters. The zero-order valence-electron chi connectivity index (χ0n) is 12.5. The summed E-state index contributed by atoms with van der Waals surface area (Å²) >= 11 is 5.58. The molecule has 1 N–H and O–H groups in total. The van der Waals surface area contributed by atoms with E-state index >= 15 is 0 Å². The third-order valence-electron chi connectivity index (χ3n) is 4.22. The summed E-state index contributed by atoms with van der Waals surface area (Å²) in [5.74, 6) is 0. The highest BCUT2D eigenvalue weighted by Gasteiger charge is 2.24. The first-order valence-corrected chi connectivity index (χ1v) is 7.87. The summed E-state index contributed by atoms with van der Waals surface area (Å²) in [4.78, 5) is 5.78. The Kier molecular flexibility index (Phi) is 3.69. The molecule has 0 radical (unpaired) electrons. The first kappa shape index (κ1) is 13.8. The maximum atomic E-state index is 5.58. The molecule has 20 heavy (non-hydrogen) atoms. The van der Waals surface area contributed by atoms with Crippen molar-refractivity contribution in [2.45, 2.75) is 38.6 Å². The van der Waals surface area contributed by atoms with Gasteiger partial charge in [-0.2, -0.15) is 5.10 Å². The van der Waals surface area contributed by atoms with Crippen LogP contribution in [0.3, 0.4) is 0 Å². The second-order valence-corrected chi connectivity index (χ2v) is 6.26. The lowest BCUT2D eigenvalue weighted by atomic mass is 10.1. The van der Waals surface area contributed by atoms with Crippen LogP contribution in [0.1, 0.15) is 37.9 Å². The van der Waals surface area contributed by atoms with Gasteiger partial charge < -0.3 is 9.88 Å². The van der Waals surface area contributed by atoms with E-state index in [0.717, 1.165) is 41.0 Å². The Morgan fingerprint density at radius 3 is 2.90 bits per heavy atom. The lowest BCUT2D eigenvalue weighted by molar-refractivity contribution is 0.213. The van der Waals surface area contributed by atoms with Crippen molar-refractivity contribution in [1.82, 2.24) is 24.2 Å². The topological polar surface area (TPSA) is 41.8 Å². The second-order valence-electron chi connectivity index (χ2n) is 5.88. The Labute approximate surface area is 124 Å². The van der Waals surface area contributed by atoms with E-state index in [0.29, 0.717) is 6.04 Å². The summed E-state index contributed by atoms with van der Waals surface area (Å²) < 4.78 is 5.11. The van der Waals surface area contributed by atoms with Gasteiger partial charge in [0.1, 0.15) is 5.52 Å². The molecule has 0 spiro atoms. The predicted octanol–water partition coefficient (Wildman–Crippen LogP) is 2.65. The van der Waals surface area contributed by atoms with Crippen molar-refractivity contribution < 1.29 is 0 Å². The number of imidazole rings is 1. The Morgan fingerprint density at radius 1 is 1.40 bits per heavy atom. The number of likely N-dealkylation sites (N-methyl/N-ethyl adjacent to an activating group) is 1. The SMILES string of the molecule is CCCc1nn(C)c2c1[nH]c(=S)n2C1CCCN(C)C1. The molecule has 5 nitrogen and oxygen atoms in total. The quantitative estimate of drug-likeness (QED) is 0.885. The number of rotatable bonds is 3. The third kappa shape index (κ3) is 2.20. The highest BCUT2D eigenvalue weighted by atomic mass is 32.1. The Bertz CT molecular complexity index is 665. The normalized spacial score (nSPS) is 20.9.